The highest BCUT2D eigenvalue weighted by molar-refractivity contribution is 7.80. The standard InChI is InChI=1S/C10H10F2S/c11-10(12,7-1-2-7)8-3-5-9(13)6-4-8/h3-7,13H,1-2H2. The van der Waals surface area contributed by atoms with Gasteiger partial charge in [-0.25, -0.2) is 8.78 Å². The van der Waals surface area contributed by atoms with E-state index in [1.165, 1.54) is 12.1 Å². The van der Waals surface area contributed by atoms with E-state index in [-0.39, 0.29) is 5.56 Å². The maximum atomic E-state index is 13.4. The molecule has 1 fully saturated rings. The van der Waals surface area contributed by atoms with Gasteiger partial charge in [0.2, 0.25) is 0 Å². The third kappa shape index (κ3) is 1.70. The van der Waals surface area contributed by atoms with Crippen molar-refractivity contribution in [1.82, 2.24) is 0 Å². The Hall–Kier alpha value is -0.570. The molecule has 0 saturated heterocycles. The molecular formula is C10H10F2S. The third-order valence-electron chi connectivity index (χ3n) is 2.34. The van der Waals surface area contributed by atoms with Gasteiger partial charge in [-0.1, -0.05) is 12.1 Å². The summed E-state index contributed by atoms with van der Waals surface area (Å²) in [6.45, 7) is 0. The molecule has 1 aliphatic rings. The minimum absolute atomic E-state index is 0.118. The molecule has 1 saturated carbocycles. The van der Waals surface area contributed by atoms with Crippen LogP contribution in [0.15, 0.2) is 29.2 Å². The molecule has 0 aromatic heterocycles. The van der Waals surface area contributed by atoms with E-state index in [0.717, 1.165) is 4.90 Å². The first kappa shape index (κ1) is 9.00. The summed E-state index contributed by atoms with van der Waals surface area (Å²) in [5, 5.41) is 0. The minimum atomic E-state index is -2.64. The Morgan fingerprint density at radius 3 is 2.15 bits per heavy atom. The van der Waals surface area contributed by atoms with E-state index in [9.17, 15) is 8.78 Å². The Balaban J connectivity index is 2.28. The molecule has 0 radical (unpaired) electrons. The predicted molar refractivity (Wildman–Crippen MR) is 50.3 cm³/mol. The van der Waals surface area contributed by atoms with E-state index >= 15 is 0 Å². The number of alkyl halides is 2. The molecule has 0 spiro atoms. The van der Waals surface area contributed by atoms with Gasteiger partial charge in [-0.2, -0.15) is 0 Å². The van der Waals surface area contributed by atoms with Crippen molar-refractivity contribution in [1.29, 1.82) is 0 Å². The molecule has 1 aromatic rings. The second-order valence-electron chi connectivity index (χ2n) is 3.44. The monoisotopic (exact) mass is 200 g/mol. The second-order valence-corrected chi connectivity index (χ2v) is 3.96. The average molecular weight is 200 g/mol. The van der Waals surface area contributed by atoms with E-state index in [1.54, 1.807) is 12.1 Å². The van der Waals surface area contributed by atoms with Gasteiger partial charge in [-0.15, -0.1) is 12.6 Å². The summed E-state index contributed by atoms with van der Waals surface area (Å²) >= 11 is 4.05. The normalized spacial score (nSPS) is 17.5. The molecule has 70 valence electrons. The van der Waals surface area contributed by atoms with Crippen molar-refractivity contribution in [3.05, 3.63) is 29.8 Å². The Morgan fingerprint density at radius 2 is 1.69 bits per heavy atom. The number of hydrogen-bond donors (Lipinski definition) is 1. The molecule has 0 atom stereocenters. The lowest BCUT2D eigenvalue weighted by molar-refractivity contribution is -0.0285. The summed E-state index contributed by atoms with van der Waals surface area (Å²) in [6, 6.07) is 6.13. The maximum absolute atomic E-state index is 13.4. The molecule has 0 amide bonds. The molecule has 3 heteroatoms. The molecule has 0 bridgehead atoms. The molecule has 1 aromatic carbocycles. The van der Waals surface area contributed by atoms with Crippen LogP contribution in [-0.4, -0.2) is 0 Å². The van der Waals surface area contributed by atoms with E-state index < -0.39 is 11.8 Å². The van der Waals surface area contributed by atoms with Crippen LogP contribution in [-0.2, 0) is 5.92 Å². The largest absolute Gasteiger partial charge is 0.276 e. The van der Waals surface area contributed by atoms with Crippen LogP contribution in [0.25, 0.3) is 0 Å². The van der Waals surface area contributed by atoms with Gasteiger partial charge >= 0.3 is 0 Å². The summed E-state index contributed by atoms with van der Waals surface area (Å²) in [6.07, 6.45) is 1.30. The van der Waals surface area contributed by atoms with Crippen LogP contribution in [0.1, 0.15) is 18.4 Å². The lowest BCUT2D eigenvalue weighted by atomic mass is 10.0. The second kappa shape index (κ2) is 2.98. The Morgan fingerprint density at radius 1 is 1.15 bits per heavy atom. The lowest BCUT2D eigenvalue weighted by Gasteiger charge is -2.15. The fourth-order valence-corrected chi connectivity index (χ4v) is 1.51. The fourth-order valence-electron chi connectivity index (χ4n) is 1.37. The fraction of sp³-hybridized carbons (Fsp3) is 0.400. The summed E-state index contributed by atoms with van der Waals surface area (Å²) in [7, 11) is 0. The quantitative estimate of drug-likeness (QED) is 0.694. The smallest absolute Gasteiger partial charge is 0.201 e. The Labute approximate surface area is 81.4 Å². The highest BCUT2D eigenvalue weighted by Crippen LogP contribution is 2.49. The Bertz CT molecular complexity index is 301. The van der Waals surface area contributed by atoms with Crippen molar-refractivity contribution in [3.63, 3.8) is 0 Å². The SMILES string of the molecule is FC(F)(c1ccc(S)cc1)C1CC1. The van der Waals surface area contributed by atoms with Crippen molar-refractivity contribution in [2.75, 3.05) is 0 Å². The van der Waals surface area contributed by atoms with E-state index in [2.05, 4.69) is 12.6 Å². The van der Waals surface area contributed by atoms with Crippen LogP contribution >= 0.6 is 12.6 Å². The first-order valence-electron chi connectivity index (χ1n) is 4.28. The average Bonchev–Trinajstić information content (AvgIpc) is 2.87. The van der Waals surface area contributed by atoms with Gasteiger partial charge in [0.25, 0.3) is 5.92 Å². The van der Waals surface area contributed by atoms with Crippen molar-refractivity contribution in [2.24, 2.45) is 5.92 Å². The van der Waals surface area contributed by atoms with Gasteiger partial charge in [0.05, 0.1) is 0 Å². The number of halogens is 2. The number of hydrogen-bond acceptors (Lipinski definition) is 1. The molecule has 0 nitrogen and oxygen atoms in total. The van der Waals surface area contributed by atoms with E-state index in [1.807, 2.05) is 0 Å². The molecule has 0 N–H and O–H groups in total. The first-order valence-corrected chi connectivity index (χ1v) is 4.73. The van der Waals surface area contributed by atoms with Crippen LogP contribution in [0.5, 0.6) is 0 Å². The Kier molecular flexibility index (Phi) is 2.06. The van der Waals surface area contributed by atoms with Gasteiger partial charge in [0.15, 0.2) is 0 Å². The topological polar surface area (TPSA) is 0 Å². The van der Waals surface area contributed by atoms with Crippen LogP contribution in [0.2, 0.25) is 0 Å². The van der Waals surface area contributed by atoms with Crippen LogP contribution < -0.4 is 0 Å². The van der Waals surface area contributed by atoms with E-state index in [0.29, 0.717) is 12.8 Å². The predicted octanol–water partition coefficient (Wildman–Crippen LogP) is 3.48. The van der Waals surface area contributed by atoms with Crippen molar-refractivity contribution in [2.45, 2.75) is 23.7 Å². The summed E-state index contributed by atoms with van der Waals surface area (Å²) in [4.78, 5) is 0.718. The molecule has 0 unspecified atom stereocenters. The molecule has 1 aliphatic carbocycles. The third-order valence-corrected chi connectivity index (χ3v) is 2.64. The van der Waals surface area contributed by atoms with Gasteiger partial charge in [0, 0.05) is 16.4 Å². The molecule has 0 aliphatic heterocycles. The van der Waals surface area contributed by atoms with Gasteiger partial charge < -0.3 is 0 Å². The zero-order chi connectivity index (χ0) is 9.47. The highest BCUT2D eigenvalue weighted by Gasteiger charge is 2.47. The van der Waals surface area contributed by atoms with Crippen LogP contribution in [0.3, 0.4) is 0 Å². The first-order chi connectivity index (χ1) is 6.10. The summed E-state index contributed by atoms with van der Waals surface area (Å²) < 4.78 is 26.9. The van der Waals surface area contributed by atoms with Crippen molar-refractivity contribution in [3.8, 4) is 0 Å². The molecule has 2 rings (SSSR count). The van der Waals surface area contributed by atoms with Crippen LogP contribution in [0, 0.1) is 5.92 Å². The summed E-state index contributed by atoms with van der Waals surface area (Å²) in [5.74, 6) is -3.07. The van der Waals surface area contributed by atoms with E-state index in [4.69, 9.17) is 0 Å². The molecule has 0 heterocycles. The minimum Gasteiger partial charge on any atom is -0.201 e. The van der Waals surface area contributed by atoms with Gasteiger partial charge in [-0.3, -0.25) is 0 Å². The van der Waals surface area contributed by atoms with Gasteiger partial charge in [0.1, 0.15) is 0 Å². The van der Waals surface area contributed by atoms with Crippen molar-refractivity contribution < 1.29 is 8.78 Å². The molecule has 13 heavy (non-hydrogen) atoms. The van der Waals surface area contributed by atoms with Crippen molar-refractivity contribution >= 4 is 12.6 Å². The van der Waals surface area contributed by atoms with Crippen LogP contribution in [0.4, 0.5) is 8.78 Å². The zero-order valence-electron chi connectivity index (χ0n) is 7.00. The van der Waals surface area contributed by atoms with Gasteiger partial charge in [-0.05, 0) is 25.0 Å². The number of rotatable bonds is 2. The lowest BCUT2D eigenvalue weighted by Crippen LogP contribution is -2.15. The summed E-state index contributed by atoms with van der Waals surface area (Å²) in [5.41, 5.74) is 0.118. The molecular weight excluding hydrogens is 190 g/mol. The highest BCUT2D eigenvalue weighted by atomic mass is 32.1. The number of benzene rings is 1. The number of thiol groups is 1. The maximum Gasteiger partial charge on any atom is 0.276 e. The zero-order valence-corrected chi connectivity index (χ0v) is 7.90.